The lowest BCUT2D eigenvalue weighted by atomic mass is 9.99. The Kier molecular flexibility index (Phi) is 7.13. The summed E-state index contributed by atoms with van der Waals surface area (Å²) in [5, 5.41) is 12.1. The molecule has 1 aromatic heterocycles. The standard InChI is InChI=1S/C27H24N2O5/c30-25(34-18-19-9-2-1-3-10-19)16-7-5-14-23-22-13-4-6-15-24(22)28-26(23)27(31)20-11-8-12-21(17-20)29(32)33/h1-4,6,8-13,15,17,28H,5,7,14,16,18H2. The van der Waals surface area contributed by atoms with Gasteiger partial charge in [-0.2, -0.15) is 0 Å². The first-order chi connectivity index (χ1) is 16.5. The molecule has 0 unspecified atom stereocenters. The van der Waals surface area contributed by atoms with Crippen LogP contribution in [0.25, 0.3) is 10.9 Å². The van der Waals surface area contributed by atoms with Crippen molar-refractivity contribution in [2.24, 2.45) is 0 Å². The van der Waals surface area contributed by atoms with Gasteiger partial charge >= 0.3 is 5.97 Å². The Labute approximate surface area is 196 Å². The lowest BCUT2D eigenvalue weighted by Gasteiger charge is -2.07. The Morgan fingerprint density at radius 1 is 0.912 bits per heavy atom. The number of aryl methyl sites for hydroxylation is 1. The minimum absolute atomic E-state index is 0.127. The molecule has 1 heterocycles. The minimum Gasteiger partial charge on any atom is -0.461 e. The van der Waals surface area contributed by atoms with Gasteiger partial charge in [0.25, 0.3) is 5.69 Å². The maximum absolute atomic E-state index is 13.2. The molecule has 0 amide bonds. The van der Waals surface area contributed by atoms with E-state index in [0.717, 1.165) is 22.0 Å². The number of nitro groups is 1. The molecule has 0 atom stereocenters. The number of ether oxygens (including phenoxy) is 1. The fourth-order valence-electron chi connectivity index (χ4n) is 3.94. The lowest BCUT2D eigenvalue weighted by Crippen LogP contribution is -2.07. The number of benzene rings is 3. The summed E-state index contributed by atoms with van der Waals surface area (Å²) in [5.74, 6) is -0.548. The summed E-state index contributed by atoms with van der Waals surface area (Å²) >= 11 is 0. The molecule has 1 N–H and O–H groups in total. The molecule has 3 aromatic carbocycles. The van der Waals surface area contributed by atoms with Crippen LogP contribution in [0.4, 0.5) is 5.69 Å². The number of non-ortho nitro benzene ring substituents is 1. The van der Waals surface area contributed by atoms with Gasteiger partial charge in [0.2, 0.25) is 5.78 Å². The van der Waals surface area contributed by atoms with Gasteiger partial charge in [-0.05, 0) is 36.5 Å². The van der Waals surface area contributed by atoms with Crippen LogP contribution in [0.1, 0.15) is 46.4 Å². The van der Waals surface area contributed by atoms with Gasteiger partial charge in [0, 0.05) is 35.0 Å². The van der Waals surface area contributed by atoms with Crippen molar-refractivity contribution in [3.8, 4) is 0 Å². The second-order valence-corrected chi connectivity index (χ2v) is 8.01. The average Bonchev–Trinajstić information content (AvgIpc) is 3.24. The number of unbranched alkanes of at least 4 members (excludes halogenated alkanes) is 1. The molecule has 0 saturated heterocycles. The first-order valence-electron chi connectivity index (χ1n) is 11.1. The van der Waals surface area contributed by atoms with Crippen LogP contribution in [0.15, 0.2) is 78.9 Å². The summed E-state index contributed by atoms with van der Waals surface area (Å²) in [7, 11) is 0. The Hall–Kier alpha value is -4.26. The van der Waals surface area contributed by atoms with E-state index >= 15 is 0 Å². The first kappa shape index (κ1) is 22.9. The Morgan fingerprint density at radius 2 is 1.68 bits per heavy atom. The van der Waals surface area contributed by atoms with Gasteiger partial charge in [0.15, 0.2) is 0 Å². The molecule has 7 heteroatoms. The van der Waals surface area contributed by atoms with Gasteiger partial charge in [0.1, 0.15) is 6.61 Å². The van der Waals surface area contributed by atoms with Crippen LogP contribution in [-0.4, -0.2) is 21.7 Å². The van der Waals surface area contributed by atoms with Crippen LogP contribution >= 0.6 is 0 Å². The SMILES string of the molecule is O=C(CCCCc1c(C(=O)c2cccc([N+](=O)[O-])c2)[nH]c2ccccc12)OCc1ccccc1. The average molecular weight is 456 g/mol. The summed E-state index contributed by atoms with van der Waals surface area (Å²) in [5.41, 5.74) is 3.18. The van der Waals surface area contributed by atoms with Gasteiger partial charge in [-0.3, -0.25) is 19.7 Å². The number of ketones is 1. The van der Waals surface area contributed by atoms with Crippen molar-refractivity contribution >= 4 is 28.3 Å². The van der Waals surface area contributed by atoms with E-state index < -0.39 is 4.92 Å². The largest absolute Gasteiger partial charge is 0.461 e. The summed E-state index contributed by atoms with van der Waals surface area (Å²) in [6.45, 7) is 0.254. The molecular formula is C27H24N2O5. The van der Waals surface area contributed by atoms with Crippen molar-refractivity contribution in [3.05, 3.63) is 111 Å². The lowest BCUT2D eigenvalue weighted by molar-refractivity contribution is -0.384. The molecule has 0 spiro atoms. The molecule has 34 heavy (non-hydrogen) atoms. The van der Waals surface area contributed by atoms with Crippen LogP contribution in [0.2, 0.25) is 0 Å². The Morgan fingerprint density at radius 3 is 2.47 bits per heavy atom. The van der Waals surface area contributed by atoms with E-state index in [4.69, 9.17) is 4.74 Å². The highest BCUT2D eigenvalue weighted by Crippen LogP contribution is 2.27. The van der Waals surface area contributed by atoms with Gasteiger partial charge < -0.3 is 9.72 Å². The van der Waals surface area contributed by atoms with E-state index in [9.17, 15) is 19.7 Å². The molecule has 7 nitrogen and oxygen atoms in total. The van der Waals surface area contributed by atoms with Gasteiger partial charge in [-0.25, -0.2) is 0 Å². The number of hydrogen-bond acceptors (Lipinski definition) is 5. The van der Waals surface area contributed by atoms with Crippen molar-refractivity contribution in [1.82, 2.24) is 4.98 Å². The zero-order chi connectivity index (χ0) is 23.9. The van der Waals surface area contributed by atoms with E-state index in [-0.39, 0.29) is 29.6 Å². The van der Waals surface area contributed by atoms with Gasteiger partial charge in [-0.1, -0.05) is 60.7 Å². The molecular weight excluding hydrogens is 432 g/mol. The molecule has 0 aliphatic heterocycles. The number of nitrogens with one attached hydrogen (secondary N) is 1. The maximum atomic E-state index is 13.2. The Balaban J connectivity index is 1.43. The van der Waals surface area contributed by atoms with Crippen LogP contribution in [0.5, 0.6) is 0 Å². The van der Waals surface area contributed by atoms with E-state index in [1.54, 1.807) is 6.07 Å². The minimum atomic E-state index is -0.514. The van der Waals surface area contributed by atoms with E-state index in [0.29, 0.717) is 31.4 Å². The van der Waals surface area contributed by atoms with Crippen LogP contribution < -0.4 is 0 Å². The van der Waals surface area contributed by atoms with Crippen molar-refractivity contribution in [2.75, 3.05) is 0 Å². The number of aromatic amines is 1. The number of nitro benzene ring substituents is 1. The van der Waals surface area contributed by atoms with Crippen molar-refractivity contribution in [3.63, 3.8) is 0 Å². The quantitative estimate of drug-likeness (QED) is 0.107. The number of para-hydroxylation sites is 1. The third kappa shape index (κ3) is 5.38. The van der Waals surface area contributed by atoms with Crippen molar-refractivity contribution in [1.29, 1.82) is 0 Å². The predicted octanol–water partition coefficient (Wildman–Crippen LogP) is 5.76. The number of hydrogen-bond donors (Lipinski definition) is 1. The van der Waals surface area contributed by atoms with Crippen LogP contribution in [0.3, 0.4) is 0 Å². The van der Waals surface area contributed by atoms with Gasteiger partial charge in [-0.15, -0.1) is 0 Å². The Bertz CT molecular complexity index is 1330. The third-order valence-electron chi connectivity index (χ3n) is 5.66. The molecule has 0 fully saturated rings. The molecule has 4 aromatic rings. The maximum Gasteiger partial charge on any atom is 0.306 e. The number of fused-ring (bicyclic) bond motifs is 1. The molecule has 4 rings (SSSR count). The highest BCUT2D eigenvalue weighted by Gasteiger charge is 2.20. The zero-order valence-corrected chi connectivity index (χ0v) is 18.5. The van der Waals surface area contributed by atoms with Crippen LogP contribution in [-0.2, 0) is 22.6 Å². The summed E-state index contributed by atoms with van der Waals surface area (Å²) < 4.78 is 5.33. The zero-order valence-electron chi connectivity index (χ0n) is 18.5. The fraction of sp³-hybridized carbons (Fsp3) is 0.185. The number of nitrogens with zero attached hydrogens (tertiary/aromatic N) is 1. The van der Waals surface area contributed by atoms with E-state index in [1.165, 1.54) is 18.2 Å². The summed E-state index contributed by atoms with van der Waals surface area (Å²) in [6.07, 6.45) is 2.20. The smallest absolute Gasteiger partial charge is 0.306 e. The van der Waals surface area contributed by atoms with Crippen molar-refractivity contribution in [2.45, 2.75) is 32.3 Å². The third-order valence-corrected chi connectivity index (χ3v) is 5.66. The monoisotopic (exact) mass is 456 g/mol. The number of carbonyl (C=O) groups is 2. The number of esters is 1. The molecule has 0 saturated carbocycles. The number of rotatable bonds is 10. The van der Waals surface area contributed by atoms with Gasteiger partial charge in [0.05, 0.1) is 10.6 Å². The second kappa shape index (κ2) is 10.6. The molecule has 0 radical (unpaired) electrons. The number of aromatic nitrogens is 1. The topological polar surface area (TPSA) is 102 Å². The highest BCUT2D eigenvalue weighted by molar-refractivity contribution is 6.12. The number of carbonyl (C=O) groups excluding carboxylic acids is 2. The number of H-pyrrole nitrogens is 1. The normalized spacial score (nSPS) is 10.8. The van der Waals surface area contributed by atoms with Crippen LogP contribution in [0, 0.1) is 10.1 Å². The highest BCUT2D eigenvalue weighted by atomic mass is 16.6. The fourth-order valence-corrected chi connectivity index (χ4v) is 3.94. The first-order valence-corrected chi connectivity index (χ1v) is 11.1. The molecule has 0 aliphatic carbocycles. The van der Waals surface area contributed by atoms with Crippen molar-refractivity contribution < 1.29 is 19.2 Å². The van der Waals surface area contributed by atoms with E-state index in [1.807, 2.05) is 54.6 Å². The van der Waals surface area contributed by atoms with E-state index in [2.05, 4.69) is 4.98 Å². The molecule has 0 bridgehead atoms. The molecule has 172 valence electrons. The summed E-state index contributed by atoms with van der Waals surface area (Å²) in [6, 6.07) is 22.9. The predicted molar refractivity (Wildman–Crippen MR) is 129 cm³/mol. The summed E-state index contributed by atoms with van der Waals surface area (Å²) in [4.78, 5) is 39.1. The molecule has 0 aliphatic rings. The second-order valence-electron chi connectivity index (χ2n) is 8.01.